The van der Waals surface area contributed by atoms with Crippen LogP contribution in [0.25, 0.3) is 0 Å². The van der Waals surface area contributed by atoms with E-state index < -0.39 is 19.8 Å². The molecule has 184 valence electrons. The van der Waals surface area contributed by atoms with Crippen LogP contribution in [0.4, 0.5) is 0 Å². The zero-order chi connectivity index (χ0) is 23.7. The van der Waals surface area contributed by atoms with E-state index in [1.54, 1.807) is 13.3 Å². The first-order valence-electron chi connectivity index (χ1n) is 12.8. The van der Waals surface area contributed by atoms with Gasteiger partial charge in [0.15, 0.2) is 5.90 Å². The molecule has 0 unspecified atom stereocenters. The molecule has 0 spiro atoms. The second kappa shape index (κ2) is 20.9. The van der Waals surface area contributed by atoms with E-state index in [0.717, 1.165) is 11.8 Å². The van der Waals surface area contributed by atoms with Crippen LogP contribution >= 0.6 is 0 Å². The molecular formula is C29H47FeNOSn+2. The summed E-state index contributed by atoms with van der Waals surface area (Å²) in [5.74, 6) is 1.71. The van der Waals surface area contributed by atoms with E-state index >= 15 is 0 Å². The smallest absolute Gasteiger partial charge is 0.0312 e. The van der Waals surface area contributed by atoms with E-state index in [-0.39, 0.29) is 28.5 Å². The van der Waals surface area contributed by atoms with E-state index in [1.165, 1.54) is 38.5 Å². The summed E-state index contributed by atoms with van der Waals surface area (Å²) in [5.41, 5.74) is 0.175. The topological polar surface area (TPSA) is 21.6 Å². The first-order chi connectivity index (χ1) is 15.4. The van der Waals surface area contributed by atoms with Crippen molar-refractivity contribution in [2.24, 2.45) is 10.4 Å². The minimum Gasteiger partial charge on any atom is -0.0312 e. The van der Waals surface area contributed by atoms with Crippen LogP contribution in [0.1, 0.15) is 80.1 Å². The molecule has 0 bridgehead atoms. The summed E-state index contributed by atoms with van der Waals surface area (Å²) in [7, 11) is 0. The van der Waals surface area contributed by atoms with Gasteiger partial charge >= 0.3 is 109 Å². The number of hydrogen-bond donors (Lipinski definition) is 0. The zero-order valence-electron chi connectivity index (χ0n) is 22.0. The van der Waals surface area contributed by atoms with Gasteiger partial charge in [-0.15, -0.1) is 5.92 Å². The fraction of sp³-hybridized carbons (Fsp3) is 0.621. The Morgan fingerprint density at radius 3 is 1.70 bits per heavy atom. The molecule has 4 heteroatoms. The van der Waals surface area contributed by atoms with Gasteiger partial charge in [0, 0.05) is 0 Å². The second-order valence-electron chi connectivity index (χ2n) is 9.73. The van der Waals surface area contributed by atoms with E-state index in [0.29, 0.717) is 6.61 Å². The normalized spacial score (nSPS) is 20.1. The quantitative estimate of drug-likeness (QED) is 0.184. The van der Waals surface area contributed by atoms with E-state index in [2.05, 4.69) is 53.0 Å². The molecule has 2 fully saturated rings. The third-order valence-corrected chi connectivity index (χ3v) is 14.8. The second-order valence-corrected chi connectivity index (χ2v) is 18.3. The van der Waals surface area contributed by atoms with Gasteiger partial charge < -0.3 is 11.2 Å². The molecule has 0 aromatic carbocycles. The summed E-state index contributed by atoms with van der Waals surface area (Å²) in [5, 5.41) is 0. The number of aliphatic imine (C=N–C) groups is 1. The Hall–Kier alpha value is 0.788. The van der Waals surface area contributed by atoms with E-state index in [4.69, 9.17) is 4.74 Å². The Labute approximate surface area is 226 Å². The van der Waals surface area contributed by atoms with Gasteiger partial charge in [-0.05, 0) is 37.5 Å². The van der Waals surface area contributed by atoms with Crippen molar-refractivity contribution in [2.75, 3.05) is 6.61 Å². The maximum Gasteiger partial charge on any atom is 2.00 e. The number of nitrogens with zero attached hydrogens (tertiary/aromatic N) is 1. The van der Waals surface area contributed by atoms with Crippen molar-refractivity contribution in [3.63, 3.8) is 0 Å². The Balaban J connectivity index is 0.000000502. The molecule has 2 nitrogen and oxygen atoms in total. The van der Waals surface area contributed by atoms with Crippen LogP contribution in [0.5, 0.6) is 0 Å². The number of unbranched alkanes of at least 4 members (excludes halogenated alkanes) is 3. The van der Waals surface area contributed by atoms with E-state index in [1.807, 2.05) is 51.4 Å². The van der Waals surface area contributed by atoms with Gasteiger partial charge in [-0.25, -0.2) is 6.42 Å². The van der Waals surface area contributed by atoms with Crippen molar-refractivity contribution in [2.45, 2.75) is 99.4 Å². The van der Waals surface area contributed by atoms with Crippen molar-refractivity contribution in [1.29, 1.82) is 0 Å². The molecule has 2 saturated carbocycles. The molecule has 33 heavy (non-hydrogen) atoms. The van der Waals surface area contributed by atoms with Gasteiger partial charge in [0.05, 0.1) is 6.04 Å². The van der Waals surface area contributed by atoms with Gasteiger partial charge in [-0.1, -0.05) is 33.6 Å². The molecule has 0 aromatic heterocycles. The summed E-state index contributed by atoms with van der Waals surface area (Å²) >= 11 is -0.839. The largest absolute Gasteiger partial charge is 2.00 e. The molecule has 0 N–H and O–H groups in total. The van der Waals surface area contributed by atoms with Gasteiger partial charge in [0.1, 0.15) is 6.61 Å². The van der Waals surface area contributed by atoms with Crippen LogP contribution in [0.2, 0.25) is 13.3 Å². The molecule has 10 radical (unpaired) electrons. The van der Waals surface area contributed by atoms with Crippen molar-refractivity contribution >= 4 is 25.7 Å². The first kappa shape index (κ1) is 33.8. The van der Waals surface area contributed by atoms with Crippen molar-refractivity contribution in [3.05, 3.63) is 63.7 Å². The molecule has 2 aliphatic carbocycles. The molecular weight excluding hydrogens is 553 g/mol. The zero-order valence-corrected chi connectivity index (χ0v) is 25.9. The molecule has 3 aliphatic rings. The van der Waals surface area contributed by atoms with Crippen LogP contribution < -0.4 is 0 Å². The van der Waals surface area contributed by atoms with Crippen LogP contribution in [-0.2, 0) is 21.8 Å². The fourth-order valence-corrected chi connectivity index (χ4v) is 12.9. The first-order valence-corrected chi connectivity index (χ1v) is 18.8. The van der Waals surface area contributed by atoms with Crippen molar-refractivity contribution < 1.29 is 21.8 Å². The van der Waals surface area contributed by atoms with Crippen LogP contribution in [0.15, 0.2) is 4.99 Å². The average molecular weight is 600 g/mol. The predicted molar refractivity (Wildman–Crippen MR) is 142 cm³/mol. The monoisotopic (exact) mass is 601 g/mol. The Morgan fingerprint density at radius 2 is 1.36 bits per heavy atom. The molecule has 0 saturated heterocycles. The number of hydrogen-bond acceptors (Lipinski definition) is 2. The Bertz CT molecular complexity index is 440. The Kier molecular flexibility index (Phi) is 21.4. The Morgan fingerprint density at radius 1 is 0.879 bits per heavy atom. The summed E-state index contributed by atoms with van der Waals surface area (Å²) in [6, 6.07) is 0.265. The SMILES string of the molecule is CC(C)(C)[C@H]1COC([C]2[C-][CH][CH][CH]2)=N1.CCC[CH2][Sn+]([CH2]CCC)[CH2]CCC.[CH]1[CH][CH][CH][CH]1.[Fe+2]. The van der Waals surface area contributed by atoms with Crippen LogP contribution in [0.3, 0.4) is 0 Å². The summed E-state index contributed by atoms with van der Waals surface area (Å²) in [6.07, 6.45) is 27.7. The number of ether oxygens (including phenoxy) is 1. The van der Waals surface area contributed by atoms with Crippen molar-refractivity contribution in [3.8, 4) is 0 Å². The maximum absolute atomic E-state index is 5.56. The van der Waals surface area contributed by atoms with Gasteiger partial charge in [-0.3, -0.25) is 4.99 Å². The third kappa shape index (κ3) is 16.2. The average Bonchev–Trinajstić information content (AvgIpc) is 3.55. The minimum absolute atomic E-state index is 0. The molecule has 0 amide bonds. The fourth-order valence-electron chi connectivity index (χ4n) is 3.40. The summed E-state index contributed by atoms with van der Waals surface area (Å²) < 4.78 is 10.6. The van der Waals surface area contributed by atoms with Gasteiger partial charge in [0.2, 0.25) is 0 Å². The predicted octanol–water partition coefficient (Wildman–Crippen LogP) is 8.01. The molecule has 1 aliphatic heterocycles. The minimum atomic E-state index is -0.839. The summed E-state index contributed by atoms with van der Waals surface area (Å²) in [6.45, 7) is 14.2. The van der Waals surface area contributed by atoms with E-state index in [9.17, 15) is 0 Å². The summed E-state index contributed by atoms with van der Waals surface area (Å²) in [4.78, 5) is 4.56. The molecule has 1 heterocycles. The van der Waals surface area contributed by atoms with Gasteiger partial charge in [0.25, 0.3) is 0 Å². The van der Waals surface area contributed by atoms with Gasteiger partial charge in [-0.2, -0.15) is 0 Å². The third-order valence-electron chi connectivity index (χ3n) is 5.69. The van der Waals surface area contributed by atoms with Crippen molar-refractivity contribution in [1.82, 2.24) is 0 Å². The number of rotatable bonds is 10. The molecule has 3 rings (SSSR count). The molecule has 0 aromatic rings. The standard InChI is InChI=1S/C12H15NO.C5H5.3C4H9.Fe.Sn/c1-12(2,3)10-8-14-11(13-10)9-6-4-5-7-9;1-2-4-5-3-1;3*1-3-4-2;;/h4-6,10H,8H2,1-3H3;1-5H;3*1,3-4H2,2H3;;/q-1;;;;;+2;+1/t10-;;;;;;/m1....../s1. The van der Waals surface area contributed by atoms with Crippen LogP contribution in [-0.4, -0.2) is 38.3 Å². The van der Waals surface area contributed by atoms with Crippen LogP contribution in [0, 0.1) is 69.1 Å². The molecule has 1 atom stereocenters. The maximum atomic E-state index is 5.56.